The normalized spacial score (nSPS) is 20.0. The van der Waals surface area contributed by atoms with Crippen molar-refractivity contribution < 1.29 is 9.84 Å². The van der Waals surface area contributed by atoms with E-state index in [0.29, 0.717) is 6.04 Å². The molecule has 7 nitrogen and oxygen atoms in total. The average Bonchev–Trinajstić information content (AvgIpc) is 3.48. The Morgan fingerprint density at radius 2 is 1.74 bits per heavy atom. The van der Waals surface area contributed by atoms with Gasteiger partial charge >= 0.3 is 0 Å². The number of ether oxygens (including phenoxy) is 1. The van der Waals surface area contributed by atoms with Gasteiger partial charge < -0.3 is 14.7 Å². The van der Waals surface area contributed by atoms with E-state index in [4.69, 9.17) is 14.8 Å². The van der Waals surface area contributed by atoms with E-state index in [-0.39, 0.29) is 11.6 Å². The van der Waals surface area contributed by atoms with E-state index in [1.54, 1.807) is 7.11 Å². The first-order valence-electron chi connectivity index (χ1n) is 14.0. The van der Waals surface area contributed by atoms with Gasteiger partial charge in [-0.1, -0.05) is 30.3 Å². The lowest BCUT2D eigenvalue weighted by atomic mass is 9.99. The van der Waals surface area contributed by atoms with Crippen molar-refractivity contribution in [2.75, 3.05) is 38.2 Å². The number of aromatic nitrogens is 3. The van der Waals surface area contributed by atoms with Crippen LogP contribution in [-0.4, -0.2) is 70.2 Å². The van der Waals surface area contributed by atoms with Gasteiger partial charge in [-0.3, -0.25) is 9.58 Å². The first-order valence-corrected chi connectivity index (χ1v) is 14.0. The highest BCUT2D eigenvalue weighted by Gasteiger charge is 2.35. The molecule has 204 valence electrons. The summed E-state index contributed by atoms with van der Waals surface area (Å²) in [6.45, 7) is 14.5. The maximum Gasteiger partial charge on any atom is 0.147 e. The van der Waals surface area contributed by atoms with Gasteiger partial charge in [-0.05, 0) is 64.3 Å². The van der Waals surface area contributed by atoms with Crippen LogP contribution >= 0.6 is 0 Å². The van der Waals surface area contributed by atoms with Gasteiger partial charge in [0.25, 0.3) is 0 Å². The highest BCUT2D eigenvalue weighted by Crippen LogP contribution is 2.39. The molecular weight excluding hydrogens is 486 g/mol. The number of anilines is 1. The van der Waals surface area contributed by atoms with E-state index < -0.39 is 0 Å². The Morgan fingerprint density at radius 1 is 0.974 bits per heavy atom. The summed E-state index contributed by atoms with van der Waals surface area (Å²) >= 11 is 0. The SMILES string of the molecule is COc1cc2c(nc1-c1cccc(C)c1C)c(-c1ccc(N3CCN4C[C@H](O)C[C@H]4C3)cc1)nn2C(C)(C)C. The summed E-state index contributed by atoms with van der Waals surface area (Å²) in [6.07, 6.45) is 0.672. The first-order chi connectivity index (χ1) is 18.6. The van der Waals surface area contributed by atoms with Gasteiger partial charge in [-0.25, -0.2) is 4.98 Å². The summed E-state index contributed by atoms with van der Waals surface area (Å²) in [5.74, 6) is 0.750. The molecule has 0 amide bonds. The number of aryl methyl sites for hydroxylation is 1. The summed E-state index contributed by atoms with van der Waals surface area (Å²) in [5.41, 5.74) is 9.10. The van der Waals surface area contributed by atoms with Crippen LogP contribution in [0, 0.1) is 13.8 Å². The fourth-order valence-corrected chi connectivity index (χ4v) is 6.16. The van der Waals surface area contributed by atoms with Crippen molar-refractivity contribution in [2.45, 2.75) is 58.7 Å². The molecule has 0 radical (unpaired) electrons. The minimum absolute atomic E-state index is 0.192. The molecule has 6 rings (SSSR count). The summed E-state index contributed by atoms with van der Waals surface area (Å²) in [6, 6.07) is 17.6. The summed E-state index contributed by atoms with van der Waals surface area (Å²) in [4.78, 5) is 10.1. The maximum absolute atomic E-state index is 10.1. The number of rotatable bonds is 4. The molecule has 0 aliphatic carbocycles. The van der Waals surface area contributed by atoms with Crippen LogP contribution < -0.4 is 9.64 Å². The van der Waals surface area contributed by atoms with E-state index in [9.17, 15) is 5.11 Å². The van der Waals surface area contributed by atoms with Crippen LogP contribution in [0.5, 0.6) is 5.75 Å². The third-order valence-electron chi connectivity index (χ3n) is 8.43. The summed E-state index contributed by atoms with van der Waals surface area (Å²) in [5, 5.41) is 15.2. The number of aliphatic hydroxyl groups is 1. The van der Waals surface area contributed by atoms with E-state index in [1.165, 1.54) is 16.8 Å². The number of hydrogen-bond acceptors (Lipinski definition) is 6. The molecule has 4 heterocycles. The molecule has 39 heavy (non-hydrogen) atoms. The van der Waals surface area contributed by atoms with Crippen LogP contribution in [0.3, 0.4) is 0 Å². The Balaban J connectivity index is 1.43. The Labute approximate surface area is 231 Å². The van der Waals surface area contributed by atoms with Crippen molar-refractivity contribution in [3.05, 3.63) is 59.7 Å². The van der Waals surface area contributed by atoms with Crippen LogP contribution in [0.1, 0.15) is 38.3 Å². The lowest BCUT2D eigenvalue weighted by Gasteiger charge is -2.38. The molecule has 1 N–H and O–H groups in total. The van der Waals surface area contributed by atoms with Gasteiger partial charge in [0.1, 0.15) is 22.7 Å². The number of methoxy groups -OCH3 is 1. The summed E-state index contributed by atoms with van der Waals surface area (Å²) < 4.78 is 7.94. The van der Waals surface area contributed by atoms with Crippen molar-refractivity contribution >= 4 is 16.7 Å². The fourth-order valence-electron chi connectivity index (χ4n) is 6.16. The zero-order valence-corrected chi connectivity index (χ0v) is 23.9. The van der Waals surface area contributed by atoms with Crippen LogP contribution in [-0.2, 0) is 5.54 Å². The van der Waals surface area contributed by atoms with Gasteiger partial charge in [-0.2, -0.15) is 5.10 Å². The van der Waals surface area contributed by atoms with Crippen LogP contribution in [0.2, 0.25) is 0 Å². The van der Waals surface area contributed by atoms with Gasteiger partial charge in [-0.15, -0.1) is 0 Å². The molecule has 2 aliphatic heterocycles. The van der Waals surface area contributed by atoms with E-state index in [2.05, 4.69) is 97.6 Å². The second-order valence-corrected chi connectivity index (χ2v) is 12.1. The van der Waals surface area contributed by atoms with Crippen molar-refractivity contribution in [3.8, 4) is 28.3 Å². The number of fused-ring (bicyclic) bond motifs is 2. The monoisotopic (exact) mass is 525 g/mol. The molecule has 2 fully saturated rings. The standard InChI is InChI=1S/C32H39N5O2/c1-20-8-7-9-26(21(20)2)30-28(39-6)17-27-31(33-30)29(34-37(27)32(3,4)5)22-10-12-23(13-11-22)35-14-15-36-19-25(38)16-24(36)18-35/h7-13,17,24-25,38H,14-16,18-19H2,1-6H3/t24-,25+/m0/s1. The van der Waals surface area contributed by atoms with E-state index >= 15 is 0 Å². The van der Waals surface area contributed by atoms with Crippen LogP contribution in [0.25, 0.3) is 33.5 Å². The summed E-state index contributed by atoms with van der Waals surface area (Å²) in [7, 11) is 1.71. The second-order valence-electron chi connectivity index (χ2n) is 12.1. The van der Waals surface area contributed by atoms with Crippen LogP contribution in [0.15, 0.2) is 48.5 Å². The molecule has 0 bridgehead atoms. The average molecular weight is 526 g/mol. The van der Waals surface area contributed by atoms with Crippen molar-refractivity contribution in [2.24, 2.45) is 0 Å². The highest BCUT2D eigenvalue weighted by atomic mass is 16.5. The maximum atomic E-state index is 10.1. The quantitative estimate of drug-likeness (QED) is 0.385. The first kappa shape index (κ1) is 25.8. The molecule has 0 spiro atoms. The zero-order chi connectivity index (χ0) is 27.5. The van der Waals surface area contributed by atoms with Crippen molar-refractivity contribution in [1.82, 2.24) is 19.7 Å². The molecule has 7 heteroatoms. The topological polar surface area (TPSA) is 66.7 Å². The smallest absolute Gasteiger partial charge is 0.147 e. The predicted molar refractivity (Wildman–Crippen MR) is 158 cm³/mol. The van der Waals surface area contributed by atoms with E-state index in [0.717, 1.165) is 71.9 Å². The lowest BCUT2D eigenvalue weighted by Crippen LogP contribution is -2.50. The van der Waals surface area contributed by atoms with Gasteiger partial charge in [0.15, 0.2) is 0 Å². The minimum Gasteiger partial charge on any atom is -0.494 e. The largest absolute Gasteiger partial charge is 0.494 e. The van der Waals surface area contributed by atoms with Gasteiger partial charge in [0.05, 0.1) is 24.3 Å². The van der Waals surface area contributed by atoms with Crippen molar-refractivity contribution in [3.63, 3.8) is 0 Å². The number of nitrogens with zero attached hydrogens (tertiary/aromatic N) is 5. The molecule has 2 aromatic heterocycles. The molecular formula is C32H39N5O2. The Hall–Kier alpha value is -3.42. The molecule has 2 saturated heterocycles. The Bertz CT molecular complexity index is 1520. The molecule has 2 aromatic carbocycles. The third kappa shape index (κ3) is 4.57. The van der Waals surface area contributed by atoms with Gasteiger partial charge in [0, 0.05) is 55.1 Å². The molecule has 2 aliphatic rings. The number of pyridine rings is 1. The number of piperazine rings is 1. The Morgan fingerprint density at radius 3 is 2.46 bits per heavy atom. The van der Waals surface area contributed by atoms with Crippen molar-refractivity contribution in [1.29, 1.82) is 0 Å². The Kier molecular flexibility index (Phi) is 6.39. The number of benzene rings is 2. The fraction of sp³-hybridized carbons (Fsp3) is 0.438. The number of hydrogen-bond donors (Lipinski definition) is 1. The zero-order valence-electron chi connectivity index (χ0n) is 23.9. The molecule has 4 aromatic rings. The van der Waals surface area contributed by atoms with Crippen LogP contribution in [0.4, 0.5) is 5.69 Å². The molecule has 0 unspecified atom stereocenters. The number of aliphatic hydroxyl groups excluding tert-OH is 1. The molecule has 0 saturated carbocycles. The third-order valence-corrected chi connectivity index (χ3v) is 8.43. The van der Waals surface area contributed by atoms with E-state index in [1.807, 2.05) is 0 Å². The van der Waals surface area contributed by atoms with Gasteiger partial charge in [0.2, 0.25) is 0 Å². The molecule has 2 atom stereocenters. The minimum atomic E-state index is -0.227. The highest BCUT2D eigenvalue weighted by molar-refractivity contribution is 5.94. The predicted octanol–water partition coefficient (Wildman–Crippen LogP) is 5.40. The lowest BCUT2D eigenvalue weighted by molar-refractivity contribution is 0.173. The second kappa shape index (κ2) is 9.65.